The van der Waals surface area contributed by atoms with Crippen LogP contribution >= 0.6 is 0 Å². The number of hydrogen-bond acceptors (Lipinski definition) is 2. The molecule has 0 bridgehead atoms. The molecule has 0 saturated carbocycles. The number of alkyl halides is 3. The summed E-state index contributed by atoms with van der Waals surface area (Å²) in [5.41, 5.74) is -1.42. The van der Waals surface area contributed by atoms with Gasteiger partial charge in [-0.1, -0.05) is 54.6 Å². The van der Waals surface area contributed by atoms with Crippen LogP contribution in [0.5, 0.6) is 0 Å². The lowest BCUT2D eigenvalue weighted by atomic mass is 9.89. The Morgan fingerprint density at radius 3 is 2.38 bits per heavy atom. The van der Waals surface area contributed by atoms with Crippen molar-refractivity contribution in [2.24, 2.45) is 0 Å². The Hall–Kier alpha value is -2.14. The molecule has 0 N–H and O–H groups in total. The van der Waals surface area contributed by atoms with Crippen LogP contribution in [0, 0.1) is 0 Å². The van der Waals surface area contributed by atoms with Crippen molar-refractivity contribution in [1.82, 2.24) is 0 Å². The molecule has 0 aliphatic heterocycles. The Morgan fingerprint density at radius 1 is 1.00 bits per heavy atom. The Bertz CT molecular complexity index is 725. The first kappa shape index (κ1) is 16.7. The van der Waals surface area contributed by atoms with Crippen molar-refractivity contribution in [3.63, 3.8) is 0 Å². The molecule has 2 nitrogen and oxygen atoms in total. The molecule has 24 heavy (non-hydrogen) atoms. The first-order valence-electron chi connectivity index (χ1n) is 7.81. The van der Waals surface area contributed by atoms with Gasteiger partial charge in [0, 0.05) is 5.56 Å². The van der Waals surface area contributed by atoms with E-state index in [1.165, 1.54) is 6.07 Å². The second-order valence-corrected chi connectivity index (χ2v) is 5.94. The van der Waals surface area contributed by atoms with Crippen molar-refractivity contribution in [1.29, 1.82) is 0 Å². The number of rotatable bonds is 3. The van der Waals surface area contributed by atoms with Gasteiger partial charge >= 0.3 is 6.18 Å². The Kier molecular flexibility index (Phi) is 4.45. The predicted molar refractivity (Wildman–Crippen MR) is 83.7 cm³/mol. The number of halogens is 3. The highest BCUT2D eigenvalue weighted by molar-refractivity contribution is 6.04. The van der Waals surface area contributed by atoms with Gasteiger partial charge in [-0.05, 0) is 30.4 Å². The molecule has 3 rings (SSSR count). The fraction of sp³-hybridized carbons (Fsp3) is 0.316. The Labute approximate surface area is 138 Å². The van der Waals surface area contributed by atoms with E-state index in [-0.39, 0.29) is 25.0 Å². The molecule has 0 amide bonds. The van der Waals surface area contributed by atoms with Gasteiger partial charge in [0.15, 0.2) is 0 Å². The molecule has 1 atom stereocenters. The lowest BCUT2D eigenvalue weighted by molar-refractivity contribution is -0.260. The van der Waals surface area contributed by atoms with E-state index < -0.39 is 17.6 Å². The lowest BCUT2D eigenvalue weighted by Gasteiger charge is -2.33. The highest BCUT2D eigenvalue weighted by Crippen LogP contribution is 2.43. The van der Waals surface area contributed by atoms with E-state index in [1.807, 2.05) is 0 Å². The molecule has 0 fully saturated rings. The van der Waals surface area contributed by atoms with Gasteiger partial charge in [-0.15, -0.1) is 0 Å². The molecule has 0 spiro atoms. The summed E-state index contributed by atoms with van der Waals surface area (Å²) in [7, 11) is 0. The van der Waals surface area contributed by atoms with Crippen LogP contribution in [0.1, 0.15) is 34.3 Å². The monoisotopic (exact) mass is 334 g/mol. The zero-order chi connectivity index (χ0) is 17.2. The summed E-state index contributed by atoms with van der Waals surface area (Å²) in [5.74, 6) is -0.987. The molecule has 2 aromatic rings. The molecule has 126 valence electrons. The van der Waals surface area contributed by atoms with Crippen LogP contribution in [0.15, 0.2) is 54.6 Å². The second-order valence-electron chi connectivity index (χ2n) is 5.94. The highest BCUT2D eigenvalue weighted by Gasteiger charge is 2.61. The largest absolute Gasteiger partial charge is 0.425 e. The molecule has 2 aromatic carbocycles. The van der Waals surface area contributed by atoms with Crippen LogP contribution in [0.4, 0.5) is 13.2 Å². The van der Waals surface area contributed by atoms with E-state index in [2.05, 4.69) is 0 Å². The normalized spacial score (nSPS) is 21.2. The average Bonchev–Trinajstić information content (AvgIpc) is 2.71. The number of benzene rings is 2. The topological polar surface area (TPSA) is 26.3 Å². The summed E-state index contributed by atoms with van der Waals surface area (Å²) in [5, 5.41) is 0. The maximum Gasteiger partial charge on any atom is 0.425 e. The van der Waals surface area contributed by atoms with Crippen molar-refractivity contribution in [2.45, 2.75) is 37.6 Å². The lowest BCUT2D eigenvalue weighted by Crippen LogP contribution is -2.53. The van der Waals surface area contributed by atoms with E-state index in [9.17, 15) is 18.0 Å². The minimum absolute atomic E-state index is 0.111. The molecule has 0 heterocycles. The summed E-state index contributed by atoms with van der Waals surface area (Å²) in [6.07, 6.45) is -4.45. The van der Waals surface area contributed by atoms with Crippen LogP contribution in [-0.2, 0) is 17.8 Å². The number of carbonyl (C=O) groups excluding carboxylic acids is 1. The van der Waals surface area contributed by atoms with Crippen LogP contribution in [0.25, 0.3) is 0 Å². The minimum Gasteiger partial charge on any atom is -0.353 e. The molecule has 0 saturated heterocycles. The van der Waals surface area contributed by atoms with Crippen molar-refractivity contribution < 1.29 is 22.7 Å². The van der Waals surface area contributed by atoms with E-state index in [0.717, 1.165) is 0 Å². The van der Waals surface area contributed by atoms with Gasteiger partial charge in [-0.25, -0.2) is 0 Å². The summed E-state index contributed by atoms with van der Waals surface area (Å²) in [6.45, 7) is -0.256. The molecular formula is C19H17F3O2. The Morgan fingerprint density at radius 2 is 1.67 bits per heavy atom. The van der Waals surface area contributed by atoms with Gasteiger partial charge < -0.3 is 4.74 Å². The van der Waals surface area contributed by atoms with Crippen molar-refractivity contribution in [3.8, 4) is 0 Å². The first-order chi connectivity index (χ1) is 11.4. The molecule has 5 heteroatoms. The van der Waals surface area contributed by atoms with Gasteiger partial charge in [-0.2, -0.15) is 13.2 Å². The van der Waals surface area contributed by atoms with Crippen LogP contribution in [0.2, 0.25) is 0 Å². The number of aryl methyl sites for hydroxylation is 1. The van der Waals surface area contributed by atoms with Crippen LogP contribution in [0.3, 0.4) is 0 Å². The third-order valence-corrected chi connectivity index (χ3v) is 4.39. The first-order valence-corrected chi connectivity index (χ1v) is 7.81. The third-order valence-electron chi connectivity index (χ3n) is 4.39. The molecule has 1 aliphatic carbocycles. The minimum atomic E-state index is -4.77. The number of ketones is 1. The van der Waals surface area contributed by atoms with Gasteiger partial charge in [0.2, 0.25) is 11.4 Å². The zero-order valence-corrected chi connectivity index (χ0v) is 13.0. The summed E-state index contributed by atoms with van der Waals surface area (Å²) >= 11 is 0. The van der Waals surface area contributed by atoms with Crippen molar-refractivity contribution in [2.75, 3.05) is 0 Å². The number of ether oxygens (including phenoxy) is 1. The van der Waals surface area contributed by atoms with E-state index in [0.29, 0.717) is 17.5 Å². The highest BCUT2D eigenvalue weighted by atomic mass is 19.4. The quantitative estimate of drug-likeness (QED) is 0.759. The average molecular weight is 334 g/mol. The smallest absolute Gasteiger partial charge is 0.353 e. The third kappa shape index (κ3) is 2.96. The van der Waals surface area contributed by atoms with E-state index in [4.69, 9.17) is 4.74 Å². The number of fused-ring (bicyclic) bond motifs is 1. The van der Waals surface area contributed by atoms with Crippen molar-refractivity contribution in [3.05, 3.63) is 71.3 Å². The zero-order valence-electron chi connectivity index (χ0n) is 13.0. The number of hydrogen-bond donors (Lipinski definition) is 0. The molecule has 0 radical (unpaired) electrons. The van der Waals surface area contributed by atoms with Crippen LogP contribution in [-0.4, -0.2) is 17.6 Å². The van der Waals surface area contributed by atoms with E-state index >= 15 is 0 Å². The maximum atomic E-state index is 13.9. The van der Waals surface area contributed by atoms with Gasteiger partial charge in [0.25, 0.3) is 0 Å². The molecule has 0 aromatic heterocycles. The number of Topliss-reactive ketones (excluding diaryl/α,β-unsaturated/α-hetero) is 1. The molecular weight excluding hydrogens is 317 g/mol. The fourth-order valence-electron chi connectivity index (χ4n) is 3.09. The summed E-state index contributed by atoms with van der Waals surface area (Å²) in [6, 6.07) is 15.1. The Balaban J connectivity index is 1.98. The maximum absolute atomic E-state index is 13.9. The summed E-state index contributed by atoms with van der Waals surface area (Å²) in [4.78, 5) is 12.8. The SMILES string of the molecule is O=C1c2ccccc2CCCC1(OCc1ccccc1)C(F)(F)F. The second kappa shape index (κ2) is 6.40. The molecule has 1 unspecified atom stereocenters. The number of carbonyl (C=O) groups is 1. The fourth-order valence-corrected chi connectivity index (χ4v) is 3.09. The summed E-state index contributed by atoms with van der Waals surface area (Å²) < 4.78 is 46.9. The predicted octanol–water partition coefficient (Wildman–Crippen LogP) is 4.72. The van der Waals surface area contributed by atoms with Gasteiger partial charge in [0.1, 0.15) is 0 Å². The van der Waals surface area contributed by atoms with Crippen molar-refractivity contribution >= 4 is 5.78 Å². The standard InChI is InChI=1S/C19H17F3O2/c20-19(21,22)18(24-13-14-7-2-1-3-8-14)12-6-10-15-9-4-5-11-16(15)17(18)23/h1-5,7-9,11H,6,10,12-13H2. The van der Waals surface area contributed by atoms with Crippen LogP contribution < -0.4 is 0 Å². The molecule has 1 aliphatic rings. The van der Waals surface area contributed by atoms with E-state index in [1.54, 1.807) is 48.5 Å². The van der Waals surface area contributed by atoms with Gasteiger partial charge in [-0.3, -0.25) is 4.79 Å². The van der Waals surface area contributed by atoms with Gasteiger partial charge in [0.05, 0.1) is 6.61 Å².